The summed E-state index contributed by atoms with van der Waals surface area (Å²) in [6.45, 7) is 0.586. The van der Waals surface area contributed by atoms with E-state index in [1.54, 1.807) is 17.0 Å². The Morgan fingerprint density at radius 1 is 1.43 bits per heavy atom. The molecule has 0 bridgehead atoms. The molecule has 1 atom stereocenters. The highest BCUT2D eigenvalue weighted by atomic mass is 35.5. The Balaban J connectivity index is 1.66. The molecular formula is C15H17ClN4O2S. The van der Waals surface area contributed by atoms with E-state index in [4.69, 9.17) is 17.3 Å². The number of nitrogens with zero attached hydrogens (tertiary/aromatic N) is 2. The molecule has 0 saturated carbocycles. The van der Waals surface area contributed by atoms with Gasteiger partial charge in [-0.1, -0.05) is 23.4 Å². The summed E-state index contributed by atoms with van der Waals surface area (Å²) in [5.41, 5.74) is 7.03. The quantitative estimate of drug-likeness (QED) is 0.825. The Labute approximate surface area is 142 Å². The van der Waals surface area contributed by atoms with Crippen molar-refractivity contribution in [1.29, 1.82) is 0 Å². The predicted octanol–water partition coefficient (Wildman–Crippen LogP) is 2.17. The second-order valence-corrected chi connectivity index (χ2v) is 6.89. The van der Waals surface area contributed by atoms with Gasteiger partial charge in [0.05, 0.1) is 16.8 Å². The minimum absolute atomic E-state index is 0.0861. The summed E-state index contributed by atoms with van der Waals surface area (Å²) >= 11 is 7.26. The third-order valence-corrected chi connectivity index (χ3v) is 5.00. The number of fused-ring (bicyclic) bond motifs is 1. The Kier molecular flexibility index (Phi) is 4.77. The van der Waals surface area contributed by atoms with Crippen molar-refractivity contribution in [2.75, 3.05) is 12.3 Å². The van der Waals surface area contributed by atoms with Crippen molar-refractivity contribution in [1.82, 2.24) is 14.9 Å². The van der Waals surface area contributed by atoms with Gasteiger partial charge in [-0.05, 0) is 37.5 Å². The molecule has 8 heteroatoms. The van der Waals surface area contributed by atoms with Gasteiger partial charge in [0.1, 0.15) is 6.04 Å². The van der Waals surface area contributed by atoms with Crippen molar-refractivity contribution in [3.63, 3.8) is 0 Å². The number of amides is 2. The van der Waals surface area contributed by atoms with Crippen molar-refractivity contribution in [2.24, 2.45) is 5.73 Å². The number of nitrogens with two attached hydrogens (primary N) is 1. The molecule has 2 heterocycles. The molecule has 1 aromatic carbocycles. The fourth-order valence-corrected chi connectivity index (χ4v) is 3.71. The smallest absolute Gasteiger partial charge is 0.240 e. The van der Waals surface area contributed by atoms with Gasteiger partial charge in [-0.3, -0.25) is 9.59 Å². The largest absolute Gasteiger partial charge is 0.368 e. The number of aromatic nitrogens is 2. The number of imidazole rings is 1. The van der Waals surface area contributed by atoms with Crippen LogP contribution in [0.2, 0.25) is 5.02 Å². The normalized spacial score (nSPS) is 18.3. The maximum atomic E-state index is 12.4. The van der Waals surface area contributed by atoms with Gasteiger partial charge in [0.25, 0.3) is 0 Å². The minimum atomic E-state index is -0.480. The van der Waals surface area contributed by atoms with Crippen LogP contribution in [-0.2, 0) is 9.59 Å². The van der Waals surface area contributed by atoms with Gasteiger partial charge >= 0.3 is 0 Å². The Hall–Kier alpha value is -1.73. The lowest BCUT2D eigenvalue weighted by Gasteiger charge is -2.33. The van der Waals surface area contributed by atoms with E-state index in [0.717, 1.165) is 23.9 Å². The molecule has 23 heavy (non-hydrogen) atoms. The number of carbonyl (C=O) groups is 2. The number of rotatable bonds is 4. The summed E-state index contributed by atoms with van der Waals surface area (Å²) < 4.78 is 0. The number of likely N-dealkylation sites (tertiary alicyclic amines) is 1. The molecule has 0 aliphatic carbocycles. The summed E-state index contributed by atoms with van der Waals surface area (Å²) in [4.78, 5) is 33.0. The van der Waals surface area contributed by atoms with E-state index < -0.39 is 11.9 Å². The molecule has 3 N–H and O–H groups in total. The van der Waals surface area contributed by atoms with Gasteiger partial charge in [0, 0.05) is 11.6 Å². The SMILES string of the molecule is NC(=O)[C@@H]1CCCCN1C(=O)CSc1nc2ccc(Cl)cc2[nH]1. The number of nitrogens with one attached hydrogen (secondary N) is 1. The molecule has 3 rings (SSSR count). The Morgan fingerprint density at radius 3 is 3.04 bits per heavy atom. The molecule has 1 aromatic heterocycles. The number of carbonyl (C=O) groups excluding carboxylic acids is 2. The van der Waals surface area contributed by atoms with Crippen LogP contribution in [-0.4, -0.2) is 45.0 Å². The monoisotopic (exact) mass is 352 g/mol. The van der Waals surface area contributed by atoms with Crippen LogP contribution in [0.3, 0.4) is 0 Å². The van der Waals surface area contributed by atoms with Crippen LogP contribution in [0.25, 0.3) is 11.0 Å². The first-order chi connectivity index (χ1) is 11.0. The third kappa shape index (κ3) is 3.61. The highest BCUT2D eigenvalue weighted by molar-refractivity contribution is 7.99. The van der Waals surface area contributed by atoms with E-state index in [1.807, 2.05) is 6.07 Å². The van der Waals surface area contributed by atoms with Gasteiger partial charge in [-0.2, -0.15) is 0 Å². The second-order valence-electron chi connectivity index (χ2n) is 5.49. The van der Waals surface area contributed by atoms with E-state index in [1.165, 1.54) is 11.8 Å². The van der Waals surface area contributed by atoms with Crippen molar-refractivity contribution < 1.29 is 9.59 Å². The van der Waals surface area contributed by atoms with Crippen LogP contribution in [0, 0.1) is 0 Å². The van der Waals surface area contributed by atoms with Crippen molar-refractivity contribution >= 4 is 46.2 Å². The lowest BCUT2D eigenvalue weighted by Crippen LogP contribution is -2.51. The van der Waals surface area contributed by atoms with Crippen LogP contribution >= 0.6 is 23.4 Å². The van der Waals surface area contributed by atoms with Gasteiger partial charge < -0.3 is 15.6 Å². The predicted molar refractivity (Wildman–Crippen MR) is 90.4 cm³/mol. The van der Waals surface area contributed by atoms with E-state index in [2.05, 4.69) is 9.97 Å². The zero-order chi connectivity index (χ0) is 16.4. The van der Waals surface area contributed by atoms with Gasteiger partial charge in [0.2, 0.25) is 11.8 Å². The van der Waals surface area contributed by atoms with Gasteiger partial charge in [-0.15, -0.1) is 0 Å². The van der Waals surface area contributed by atoms with Crippen LogP contribution < -0.4 is 5.73 Å². The molecule has 1 saturated heterocycles. The molecular weight excluding hydrogens is 336 g/mol. The molecule has 0 spiro atoms. The van der Waals surface area contributed by atoms with Crippen LogP contribution in [0.4, 0.5) is 0 Å². The summed E-state index contributed by atoms with van der Waals surface area (Å²) in [7, 11) is 0. The fraction of sp³-hybridized carbons (Fsp3) is 0.400. The lowest BCUT2D eigenvalue weighted by atomic mass is 10.0. The number of aromatic amines is 1. The molecule has 6 nitrogen and oxygen atoms in total. The highest BCUT2D eigenvalue weighted by Gasteiger charge is 2.30. The zero-order valence-corrected chi connectivity index (χ0v) is 14.0. The average Bonchev–Trinajstić information content (AvgIpc) is 2.94. The maximum absolute atomic E-state index is 12.4. The van der Waals surface area contributed by atoms with Crippen molar-refractivity contribution in [3.05, 3.63) is 23.2 Å². The maximum Gasteiger partial charge on any atom is 0.240 e. The lowest BCUT2D eigenvalue weighted by molar-refractivity contribution is -0.138. The fourth-order valence-electron chi connectivity index (χ4n) is 2.77. The zero-order valence-electron chi connectivity index (χ0n) is 12.4. The van der Waals surface area contributed by atoms with E-state index in [9.17, 15) is 9.59 Å². The molecule has 1 aliphatic rings. The molecule has 122 valence electrons. The van der Waals surface area contributed by atoms with Gasteiger partial charge in [-0.25, -0.2) is 4.98 Å². The molecule has 0 unspecified atom stereocenters. The van der Waals surface area contributed by atoms with Crippen molar-refractivity contribution in [3.8, 4) is 0 Å². The number of hydrogen-bond acceptors (Lipinski definition) is 4. The standard InChI is InChI=1S/C15H17ClN4O2S/c16-9-4-5-10-11(7-9)19-15(18-10)23-8-13(21)20-6-2-1-3-12(20)14(17)22/h4-5,7,12H,1-3,6,8H2,(H2,17,22)(H,18,19)/t12-/m0/s1. The first kappa shape index (κ1) is 16.1. The van der Waals surface area contributed by atoms with E-state index >= 15 is 0 Å². The number of H-pyrrole nitrogens is 1. The molecule has 1 fully saturated rings. The highest BCUT2D eigenvalue weighted by Crippen LogP contribution is 2.24. The van der Waals surface area contributed by atoms with E-state index in [0.29, 0.717) is 23.1 Å². The topological polar surface area (TPSA) is 92.1 Å². The van der Waals surface area contributed by atoms with Crippen LogP contribution in [0.15, 0.2) is 23.4 Å². The second kappa shape index (κ2) is 6.80. The summed E-state index contributed by atoms with van der Waals surface area (Å²) in [5, 5.41) is 1.29. The first-order valence-corrected chi connectivity index (χ1v) is 8.78. The van der Waals surface area contributed by atoms with Crippen LogP contribution in [0.5, 0.6) is 0 Å². The summed E-state index contributed by atoms with van der Waals surface area (Å²) in [6.07, 6.45) is 2.48. The molecule has 2 aromatic rings. The Morgan fingerprint density at radius 2 is 2.26 bits per heavy atom. The molecule has 0 radical (unpaired) electrons. The van der Waals surface area contributed by atoms with Gasteiger partial charge in [0.15, 0.2) is 5.16 Å². The number of primary amides is 1. The Bertz CT molecular complexity index is 748. The van der Waals surface area contributed by atoms with Crippen molar-refractivity contribution in [2.45, 2.75) is 30.5 Å². The number of benzene rings is 1. The molecule has 1 aliphatic heterocycles. The number of thioether (sulfide) groups is 1. The number of hydrogen-bond donors (Lipinski definition) is 2. The van der Waals surface area contributed by atoms with Crippen LogP contribution in [0.1, 0.15) is 19.3 Å². The minimum Gasteiger partial charge on any atom is -0.368 e. The summed E-state index contributed by atoms with van der Waals surface area (Å²) in [6, 6.07) is 4.92. The number of halogens is 1. The number of piperidine rings is 1. The molecule has 2 amide bonds. The third-order valence-electron chi connectivity index (χ3n) is 3.91. The average molecular weight is 353 g/mol. The summed E-state index contributed by atoms with van der Waals surface area (Å²) in [5.74, 6) is -0.296. The first-order valence-electron chi connectivity index (χ1n) is 7.41. The van der Waals surface area contributed by atoms with E-state index in [-0.39, 0.29) is 11.7 Å².